The van der Waals surface area contributed by atoms with E-state index >= 15 is 0 Å². The molecule has 5 nitrogen and oxygen atoms in total. The van der Waals surface area contributed by atoms with Crippen LogP contribution in [0.15, 0.2) is 0 Å². The van der Waals surface area contributed by atoms with Crippen LogP contribution in [0.4, 0.5) is 0 Å². The van der Waals surface area contributed by atoms with Crippen LogP contribution in [-0.4, -0.2) is 25.2 Å². The van der Waals surface area contributed by atoms with Gasteiger partial charge in [0.05, 0.1) is 6.61 Å². The van der Waals surface area contributed by atoms with Crippen LogP contribution in [0.25, 0.3) is 0 Å². The molecule has 0 aromatic heterocycles. The van der Waals surface area contributed by atoms with Crippen LogP contribution in [0, 0.1) is 0 Å². The van der Waals surface area contributed by atoms with Crippen molar-refractivity contribution in [3.63, 3.8) is 0 Å². The van der Waals surface area contributed by atoms with Gasteiger partial charge in [-0.15, -0.1) is 0 Å². The molecule has 0 aliphatic heterocycles. The predicted octanol–water partition coefficient (Wildman–Crippen LogP) is 0.0986. The maximum Gasteiger partial charge on any atom is 0.471 e. The maximum absolute atomic E-state index is 10.5. The summed E-state index contributed by atoms with van der Waals surface area (Å²) in [7, 11) is -2.64. The zero-order chi connectivity index (χ0) is 8.04. The highest BCUT2D eigenvalue weighted by Gasteiger charge is 2.16. The molecule has 1 atom stereocenters. The van der Waals surface area contributed by atoms with E-state index < -0.39 is 7.82 Å². The Labute approximate surface area is 59.7 Å². The van der Waals surface area contributed by atoms with E-state index in [1.807, 2.05) is 0 Å². The topological polar surface area (TPSA) is 81.8 Å². The Balaban J connectivity index is 3.38. The molecule has 10 heavy (non-hydrogen) atoms. The lowest BCUT2D eigenvalue weighted by molar-refractivity contribution is 0.172. The fraction of sp³-hybridized carbons (Fsp3) is 1.00. The first-order valence-electron chi connectivity index (χ1n) is 2.85. The van der Waals surface area contributed by atoms with Crippen molar-refractivity contribution in [1.82, 2.24) is 0 Å². The van der Waals surface area contributed by atoms with Gasteiger partial charge in [-0.05, 0) is 13.0 Å². The molecule has 0 saturated heterocycles. The lowest BCUT2D eigenvalue weighted by Crippen LogP contribution is -2.03. The summed E-state index contributed by atoms with van der Waals surface area (Å²) in [6.45, 7) is 0.585. The standard InChI is InChI=1S/C4H12NO4P/c1-8-10(6,7)9-4-2-3-5/h2-5H2,1H3,(H,6,7). The summed E-state index contributed by atoms with van der Waals surface area (Å²) in [5.41, 5.74) is 5.11. The van der Waals surface area contributed by atoms with E-state index in [0.29, 0.717) is 13.0 Å². The lowest BCUT2D eigenvalue weighted by Gasteiger charge is -2.07. The zero-order valence-electron chi connectivity index (χ0n) is 5.82. The summed E-state index contributed by atoms with van der Waals surface area (Å²) in [6, 6.07) is 0. The molecule has 0 saturated carbocycles. The number of phosphoric acid groups is 1. The summed E-state index contributed by atoms with van der Waals surface area (Å²) >= 11 is 0. The molecule has 0 heterocycles. The average molecular weight is 169 g/mol. The van der Waals surface area contributed by atoms with Gasteiger partial charge in [-0.1, -0.05) is 0 Å². The minimum absolute atomic E-state index is 0.151. The molecule has 0 aromatic rings. The highest BCUT2D eigenvalue weighted by atomic mass is 31.2. The molecule has 6 heteroatoms. The fourth-order valence-corrected chi connectivity index (χ4v) is 0.781. The molecule has 0 aromatic carbocycles. The number of hydrogen-bond acceptors (Lipinski definition) is 4. The Kier molecular flexibility index (Phi) is 4.85. The van der Waals surface area contributed by atoms with Gasteiger partial charge in [0.15, 0.2) is 0 Å². The second-order valence-corrected chi connectivity index (χ2v) is 3.19. The normalized spacial score (nSPS) is 16.7. The highest BCUT2D eigenvalue weighted by molar-refractivity contribution is 7.47. The molecule has 0 spiro atoms. The van der Waals surface area contributed by atoms with Crippen LogP contribution >= 0.6 is 7.82 Å². The number of nitrogens with two attached hydrogens (primary N) is 1. The van der Waals surface area contributed by atoms with E-state index in [9.17, 15) is 4.57 Å². The monoisotopic (exact) mass is 169 g/mol. The van der Waals surface area contributed by atoms with Crippen molar-refractivity contribution in [1.29, 1.82) is 0 Å². The van der Waals surface area contributed by atoms with Gasteiger partial charge in [-0.3, -0.25) is 9.05 Å². The number of hydrogen-bond donors (Lipinski definition) is 2. The Morgan fingerprint density at radius 3 is 2.70 bits per heavy atom. The van der Waals surface area contributed by atoms with E-state index in [2.05, 4.69) is 9.05 Å². The van der Waals surface area contributed by atoms with Gasteiger partial charge in [0.25, 0.3) is 0 Å². The van der Waals surface area contributed by atoms with E-state index in [-0.39, 0.29) is 6.61 Å². The van der Waals surface area contributed by atoms with Gasteiger partial charge in [0.1, 0.15) is 0 Å². The largest absolute Gasteiger partial charge is 0.471 e. The molecule has 0 rings (SSSR count). The summed E-state index contributed by atoms with van der Waals surface area (Å²) in [4.78, 5) is 8.62. The van der Waals surface area contributed by atoms with E-state index in [4.69, 9.17) is 10.6 Å². The van der Waals surface area contributed by atoms with Gasteiger partial charge in [0, 0.05) is 7.11 Å². The Morgan fingerprint density at radius 2 is 2.30 bits per heavy atom. The fourth-order valence-electron chi connectivity index (χ4n) is 0.316. The van der Waals surface area contributed by atoms with E-state index in [1.165, 1.54) is 0 Å². The first-order chi connectivity index (χ1) is 4.62. The van der Waals surface area contributed by atoms with Crippen molar-refractivity contribution in [2.24, 2.45) is 5.73 Å². The second kappa shape index (κ2) is 4.82. The van der Waals surface area contributed by atoms with Crippen LogP contribution in [0.1, 0.15) is 6.42 Å². The lowest BCUT2D eigenvalue weighted by atomic mass is 10.5. The smallest absolute Gasteiger partial charge is 0.330 e. The van der Waals surface area contributed by atoms with Gasteiger partial charge in [-0.25, -0.2) is 4.57 Å². The van der Waals surface area contributed by atoms with Crippen LogP contribution in [0.2, 0.25) is 0 Å². The summed E-state index contributed by atoms with van der Waals surface area (Å²) in [5, 5.41) is 0. The highest BCUT2D eigenvalue weighted by Crippen LogP contribution is 2.41. The maximum atomic E-state index is 10.5. The zero-order valence-corrected chi connectivity index (χ0v) is 6.71. The minimum Gasteiger partial charge on any atom is -0.330 e. The van der Waals surface area contributed by atoms with Crippen LogP contribution in [0.5, 0.6) is 0 Å². The van der Waals surface area contributed by atoms with Crippen molar-refractivity contribution in [2.45, 2.75) is 6.42 Å². The Bertz CT molecular complexity index is 128. The molecule has 0 fully saturated rings. The van der Waals surface area contributed by atoms with Crippen molar-refractivity contribution in [2.75, 3.05) is 20.3 Å². The number of rotatable bonds is 5. The van der Waals surface area contributed by atoms with Crippen molar-refractivity contribution < 1.29 is 18.5 Å². The molecule has 0 aliphatic carbocycles. The molecule has 3 N–H and O–H groups in total. The molecule has 0 radical (unpaired) electrons. The quantitative estimate of drug-likeness (QED) is 0.450. The van der Waals surface area contributed by atoms with Gasteiger partial charge in [-0.2, -0.15) is 0 Å². The molecule has 0 amide bonds. The van der Waals surface area contributed by atoms with Crippen LogP contribution < -0.4 is 5.73 Å². The summed E-state index contributed by atoms with van der Waals surface area (Å²) < 4.78 is 19.1. The van der Waals surface area contributed by atoms with Gasteiger partial charge < -0.3 is 10.6 Å². The van der Waals surface area contributed by atoms with E-state index in [1.54, 1.807) is 0 Å². The van der Waals surface area contributed by atoms with Gasteiger partial charge in [0.2, 0.25) is 0 Å². The first kappa shape index (κ1) is 10.1. The molecule has 62 valence electrons. The van der Waals surface area contributed by atoms with E-state index in [0.717, 1.165) is 7.11 Å². The third kappa shape index (κ3) is 4.90. The first-order valence-corrected chi connectivity index (χ1v) is 4.35. The van der Waals surface area contributed by atoms with Crippen molar-refractivity contribution in [3.8, 4) is 0 Å². The summed E-state index contributed by atoms with van der Waals surface area (Å²) in [5.74, 6) is 0. The van der Waals surface area contributed by atoms with Crippen LogP contribution in [0.3, 0.4) is 0 Å². The third-order valence-corrected chi connectivity index (χ3v) is 1.80. The minimum atomic E-state index is -3.76. The van der Waals surface area contributed by atoms with Gasteiger partial charge >= 0.3 is 7.82 Å². The SMILES string of the molecule is COP(=O)(O)OCCCN. The van der Waals surface area contributed by atoms with Crippen LogP contribution in [-0.2, 0) is 13.6 Å². The third-order valence-electron chi connectivity index (χ3n) is 0.834. The molecule has 0 aliphatic rings. The predicted molar refractivity (Wildman–Crippen MR) is 36.5 cm³/mol. The second-order valence-electron chi connectivity index (χ2n) is 1.63. The molecule has 0 bridgehead atoms. The van der Waals surface area contributed by atoms with Crippen molar-refractivity contribution in [3.05, 3.63) is 0 Å². The molecular weight excluding hydrogens is 157 g/mol. The Morgan fingerprint density at radius 1 is 1.70 bits per heavy atom. The molecule has 1 unspecified atom stereocenters. The number of phosphoric ester groups is 1. The average Bonchev–Trinajstić information content (AvgIpc) is 1.89. The summed E-state index contributed by atoms with van der Waals surface area (Å²) in [6.07, 6.45) is 0.550. The van der Waals surface area contributed by atoms with Crippen molar-refractivity contribution >= 4 is 7.82 Å². The molecular formula is C4H12NO4P. The Hall–Kier alpha value is 0.0700.